The maximum Gasteiger partial charge on any atom is 0.228 e. The maximum absolute atomic E-state index is 12.3. The lowest BCUT2D eigenvalue weighted by Gasteiger charge is -2.06. The molecule has 0 aliphatic heterocycles. The van der Waals surface area contributed by atoms with Crippen LogP contribution >= 0.6 is 27.3 Å². The summed E-state index contributed by atoms with van der Waals surface area (Å²) in [6.45, 7) is 3.92. The largest absolute Gasteiger partial charge is 0.339 e. The van der Waals surface area contributed by atoms with Gasteiger partial charge in [0.05, 0.1) is 17.0 Å². The summed E-state index contributed by atoms with van der Waals surface area (Å²) in [5.41, 5.74) is 1.74. The Labute approximate surface area is 152 Å². The van der Waals surface area contributed by atoms with Gasteiger partial charge in [0.15, 0.2) is 0 Å². The van der Waals surface area contributed by atoms with Gasteiger partial charge in [-0.25, -0.2) is 0 Å². The first-order valence-electron chi connectivity index (χ1n) is 7.53. The quantitative estimate of drug-likeness (QED) is 0.672. The first kappa shape index (κ1) is 16.9. The van der Waals surface area contributed by atoms with E-state index in [2.05, 4.69) is 31.4 Å². The van der Waals surface area contributed by atoms with E-state index >= 15 is 0 Å². The highest BCUT2D eigenvalue weighted by Crippen LogP contribution is 2.33. The minimum atomic E-state index is -0.0586. The molecular formula is C17H16BrN3O2S. The molecule has 0 fully saturated rings. The van der Waals surface area contributed by atoms with Gasteiger partial charge in [-0.3, -0.25) is 4.79 Å². The van der Waals surface area contributed by atoms with E-state index in [0.717, 1.165) is 25.5 Å². The Morgan fingerprint density at radius 3 is 2.88 bits per heavy atom. The lowest BCUT2D eigenvalue weighted by molar-refractivity contribution is -0.115. The average Bonchev–Trinajstić information content (AvgIpc) is 3.17. The summed E-state index contributed by atoms with van der Waals surface area (Å²) < 4.78 is 6.08. The molecule has 1 amide bonds. The zero-order valence-electron chi connectivity index (χ0n) is 13.3. The monoisotopic (exact) mass is 405 g/mol. The van der Waals surface area contributed by atoms with E-state index in [4.69, 9.17) is 4.52 Å². The summed E-state index contributed by atoms with van der Waals surface area (Å²) in [5, 5.41) is 6.94. The molecule has 0 bridgehead atoms. The molecule has 124 valence electrons. The Hall–Kier alpha value is -1.99. The van der Waals surface area contributed by atoms with Crippen LogP contribution in [0.1, 0.15) is 23.3 Å². The third kappa shape index (κ3) is 3.73. The first-order chi connectivity index (χ1) is 11.6. The number of hydrogen-bond donors (Lipinski definition) is 1. The second-order valence-corrected chi connectivity index (χ2v) is 7.37. The number of aryl methyl sites for hydroxylation is 2. The topological polar surface area (TPSA) is 68.0 Å². The molecule has 2 aromatic heterocycles. The number of carbonyl (C=O) groups excluding carboxylic acids is 1. The Balaban J connectivity index is 1.73. The number of carbonyl (C=O) groups is 1. The van der Waals surface area contributed by atoms with E-state index < -0.39 is 0 Å². The van der Waals surface area contributed by atoms with Gasteiger partial charge in [-0.2, -0.15) is 4.98 Å². The minimum Gasteiger partial charge on any atom is -0.339 e. The highest BCUT2D eigenvalue weighted by molar-refractivity contribution is 9.10. The van der Waals surface area contributed by atoms with Crippen LogP contribution in [0, 0.1) is 6.92 Å². The fourth-order valence-corrected chi connectivity index (χ4v) is 3.55. The molecule has 24 heavy (non-hydrogen) atoms. The number of hydrogen-bond acceptors (Lipinski definition) is 5. The predicted octanol–water partition coefficient (Wildman–Crippen LogP) is 4.61. The van der Waals surface area contributed by atoms with Gasteiger partial charge in [0.25, 0.3) is 0 Å². The van der Waals surface area contributed by atoms with Crippen molar-refractivity contribution in [2.75, 3.05) is 5.32 Å². The molecule has 7 heteroatoms. The van der Waals surface area contributed by atoms with E-state index in [0.29, 0.717) is 24.6 Å². The smallest absolute Gasteiger partial charge is 0.228 e. The SMILES string of the molecule is CCc1nc(-c2cc(NC(=O)Cc3ccccc3Br)c(C)s2)no1. The van der Waals surface area contributed by atoms with Gasteiger partial charge in [-0.05, 0) is 24.6 Å². The fourth-order valence-electron chi connectivity index (χ4n) is 2.22. The summed E-state index contributed by atoms with van der Waals surface area (Å²) in [6.07, 6.45) is 1.02. The molecule has 0 radical (unpaired) electrons. The van der Waals surface area contributed by atoms with Crippen molar-refractivity contribution in [1.29, 1.82) is 0 Å². The average molecular weight is 406 g/mol. The Morgan fingerprint density at radius 1 is 1.38 bits per heavy atom. The molecule has 0 aliphatic carbocycles. The van der Waals surface area contributed by atoms with E-state index in [1.165, 1.54) is 11.3 Å². The van der Waals surface area contributed by atoms with Gasteiger partial charge >= 0.3 is 0 Å². The molecule has 0 saturated heterocycles. The van der Waals surface area contributed by atoms with E-state index in [1.54, 1.807) is 0 Å². The number of halogens is 1. The second kappa shape index (κ2) is 7.27. The Kier molecular flexibility index (Phi) is 5.11. The summed E-state index contributed by atoms with van der Waals surface area (Å²) in [4.78, 5) is 18.5. The van der Waals surface area contributed by atoms with Gasteiger partial charge in [0, 0.05) is 15.8 Å². The van der Waals surface area contributed by atoms with Crippen molar-refractivity contribution in [1.82, 2.24) is 10.1 Å². The van der Waals surface area contributed by atoms with Crippen molar-refractivity contribution in [2.24, 2.45) is 0 Å². The standard InChI is InChI=1S/C17H16BrN3O2S/c1-3-16-20-17(21-23-16)14-9-13(10(2)24-14)19-15(22)8-11-6-4-5-7-12(11)18/h4-7,9H,3,8H2,1-2H3,(H,19,22). The van der Waals surface area contributed by atoms with Crippen molar-refractivity contribution in [2.45, 2.75) is 26.7 Å². The molecule has 2 heterocycles. The molecule has 0 atom stereocenters. The minimum absolute atomic E-state index is 0.0586. The molecule has 1 aromatic carbocycles. The van der Waals surface area contributed by atoms with Gasteiger partial charge in [-0.15, -0.1) is 11.3 Å². The predicted molar refractivity (Wildman–Crippen MR) is 98.2 cm³/mol. The van der Waals surface area contributed by atoms with Gasteiger partial charge in [0.2, 0.25) is 17.6 Å². The van der Waals surface area contributed by atoms with Crippen LogP contribution in [0.4, 0.5) is 5.69 Å². The highest BCUT2D eigenvalue weighted by Gasteiger charge is 2.15. The van der Waals surface area contributed by atoms with Crippen molar-refractivity contribution in [3.8, 4) is 10.7 Å². The lowest BCUT2D eigenvalue weighted by atomic mass is 10.1. The van der Waals surface area contributed by atoms with Gasteiger partial charge in [0.1, 0.15) is 0 Å². The van der Waals surface area contributed by atoms with E-state index in [9.17, 15) is 4.79 Å². The van der Waals surface area contributed by atoms with Crippen molar-refractivity contribution < 1.29 is 9.32 Å². The number of amides is 1. The van der Waals surface area contributed by atoms with Crippen LogP contribution in [0.2, 0.25) is 0 Å². The van der Waals surface area contributed by atoms with E-state index in [1.807, 2.05) is 44.2 Å². The zero-order chi connectivity index (χ0) is 17.1. The Morgan fingerprint density at radius 2 is 2.17 bits per heavy atom. The molecule has 1 N–H and O–H groups in total. The maximum atomic E-state index is 12.3. The van der Waals surface area contributed by atoms with Crippen molar-refractivity contribution in [3.63, 3.8) is 0 Å². The van der Waals surface area contributed by atoms with Crippen LogP contribution in [0.25, 0.3) is 10.7 Å². The summed E-state index contributed by atoms with van der Waals surface area (Å²) in [6, 6.07) is 9.60. The van der Waals surface area contributed by atoms with Crippen LogP contribution in [-0.2, 0) is 17.6 Å². The number of nitrogens with zero attached hydrogens (tertiary/aromatic N) is 2. The summed E-state index contributed by atoms with van der Waals surface area (Å²) in [7, 11) is 0. The lowest BCUT2D eigenvalue weighted by Crippen LogP contribution is -2.14. The van der Waals surface area contributed by atoms with Crippen LogP contribution in [0.3, 0.4) is 0 Å². The first-order valence-corrected chi connectivity index (χ1v) is 9.14. The number of anilines is 1. The van der Waals surface area contributed by atoms with Crippen LogP contribution < -0.4 is 5.32 Å². The molecule has 0 unspecified atom stereocenters. The number of rotatable bonds is 5. The second-order valence-electron chi connectivity index (χ2n) is 5.26. The third-order valence-corrected chi connectivity index (χ3v) is 5.31. The van der Waals surface area contributed by atoms with Crippen LogP contribution in [-0.4, -0.2) is 16.0 Å². The number of aromatic nitrogens is 2. The van der Waals surface area contributed by atoms with Gasteiger partial charge in [-0.1, -0.05) is 46.2 Å². The highest BCUT2D eigenvalue weighted by atomic mass is 79.9. The fraction of sp³-hybridized carbons (Fsp3) is 0.235. The molecular weight excluding hydrogens is 390 g/mol. The number of benzene rings is 1. The Bertz CT molecular complexity index is 872. The van der Waals surface area contributed by atoms with Crippen LogP contribution in [0.15, 0.2) is 39.3 Å². The van der Waals surface area contributed by atoms with Crippen LogP contribution in [0.5, 0.6) is 0 Å². The molecule has 3 aromatic rings. The molecule has 0 aliphatic rings. The van der Waals surface area contributed by atoms with Crippen molar-refractivity contribution >= 4 is 38.9 Å². The molecule has 0 spiro atoms. The number of thiophene rings is 1. The van der Waals surface area contributed by atoms with Gasteiger partial charge < -0.3 is 9.84 Å². The molecule has 0 saturated carbocycles. The molecule has 3 rings (SSSR count). The van der Waals surface area contributed by atoms with Crippen molar-refractivity contribution in [3.05, 3.63) is 51.1 Å². The zero-order valence-corrected chi connectivity index (χ0v) is 15.7. The summed E-state index contributed by atoms with van der Waals surface area (Å²) in [5.74, 6) is 1.11. The third-order valence-electron chi connectivity index (χ3n) is 3.49. The number of nitrogens with one attached hydrogen (secondary N) is 1. The van der Waals surface area contributed by atoms with E-state index in [-0.39, 0.29) is 5.91 Å². The summed E-state index contributed by atoms with van der Waals surface area (Å²) >= 11 is 5.00. The molecule has 5 nitrogen and oxygen atoms in total. The normalized spacial score (nSPS) is 10.8.